The second-order valence-corrected chi connectivity index (χ2v) is 4.79. The second kappa shape index (κ2) is 13.8. The average molecular weight is 320 g/mol. The van der Waals surface area contributed by atoms with Gasteiger partial charge in [-0.1, -0.05) is 24.3 Å². The summed E-state index contributed by atoms with van der Waals surface area (Å²) in [5.41, 5.74) is 0. The molecule has 0 amide bonds. The monoisotopic (exact) mass is 320 g/mol. The van der Waals surface area contributed by atoms with Crippen molar-refractivity contribution in [3.63, 3.8) is 0 Å². The molecule has 0 aliphatic rings. The van der Waals surface area contributed by atoms with Gasteiger partial charge in [-0.3, -0.25) is 0 Å². The van der Waals surface area contributed by atoms with Crippen molar-refractivity contribution in [3.8, 4) is 0 Å². The van der Waals surface area contributed by atoms with Gasteiger partial charge in [0.25, 0.3) is 0 Å². The van der Waals surface area contributed by atoms with Gasteiger partial charge >= 0.3 is 9.05 Å². The lowest BCUT2D eigenvalue weighted by Gasteiger charge is -2.22. The van der Waals surface area contributed by atoms with Gasteiger partial charge in [0.15, 0.2) is 0 Å². The van der Waals surface area contributed by atoms with Crippen molar-refractivity contribution in [2.75, 3.05) is 26.4 Å². The Morgan fingerprint density at radius 1 is 0.524 bits per heavy atom. The number of hydrogen-bond acceptors (Lipinski definition) is 8. The van der Waals surface area contributed by atoms with Crippen molar-refractivity contribution in [2.45, 2.75) is 0 Å². The van der Waals surface area contributed by atoms with Crippen molar-refractivity contribution in [1.29, 1.82) is 0 Å². The minimum absolute atomic E-state index is 0.0508. The topological polar surface area (TPSA) is 73.8 Å². The normalized spacial score (nSPS) is 11.0. The molecule has 0 fully saturated rings. The van der Waals surface area contributed by atoms with Gasteiger partial charge in [0.05, 0.1) is 26.4 Å². The molecule has 0 spiro atoms. The maximum absolute atomic E-state index is 4.93. The van der Waals surface area contributed by atoms with E-state index >= 15 is 0 Å². The Bertz CT molecular complexity index is 248. The Balaban J connectivity index is 4.66. The van der Waals surface area contributed by atoms with Gasteiger partial charge in [0.1, 0.15) is 0 Å². The summed E-state index contributed by atoms with van der Waals surface area (Å²) in [6, 6.07) is 0. The molecule has 0 bridgehead atoms. The van der Waals surface area contributed by atoms with E-state index in [-0.39, 0.29) is 26.4 Å². The van der Waals surface area contributed by atoms with Crippen LogP contribution < -0.4 is 0 Å². The molecule has 0 aliphatic heterocycles. The molecule has 0 aromatic heterocycles. The maximum Gasteiger partial charge on any atom is 0.792 e. The lowest BCUT2D eigenvalue weighted by atomic mass is 10.7. The van der Waals surface area contributed by atoms with Crippen molar-refractivity contribution < 1.29 is 37.9 Å². The van der Waals surface area contributed by atoms with E-state index in [0.29, 0.717) is 0 Å². The minimum Gasteiger partial charge on any atom is -0.237 e. The van der Waals surface area contributed by atoms with Crippen LogP contribution in [0.25, 0.3) is 0 Å². The summed E-state index contributed by atoms with van der Waals surface area (Å²) in [5.74, 6) is 0. The molecule has 0 saturated carbocycles. The molecule has 0 aliphatic carbocycles. The predicted octanol–water partition coefficient (Wildman–Crippen LogP) is 1.96. The Kier molecular flexibility index (Phi) is 13.1. The van der Waals surface area contributed by atoms with Crippen LogP contribution in [0.3, 0.4) is 0 Å². The van der Waals surface area contributed by atoms with Crippen LogP contribution in [-0.2, 0) is 37.9 Å². The summed E-state index contributed by atoms with van der Waals surface area (Å²) in [4.78, 5) is 19.2. The molecule has 9 heteroatoms. The van der Waals surface area contributed by atoms with Gasteiger partial charge in [0.2, 0.25) is 0 Å². The zero-order valence-electron chi connectivity index (χ0n) is 11.7. The smallest absolute Gasteiger partial charge is 0.237 e. The molecular formula is C12H20O8Si. The second-order valence-electron chi connectivity index (χ2n) is 3.13. The third-order valence-corrected chi connectivity index (χ3v) is 2.68. The van der Waals surface area contributed by atoms with Crippen LogP contribution in [-0.4, -0.2) is 35.5 Å². The molecule has 0 N–H and O–H groups in total. The first-order valence-electron chi connectivity index (χ1n) is 5.90. The molecule has 0 saturated heterocycles. The fourth-order valence-corrected chi connectivity index (χ4v) is 1.72. The van der Waals surface area contributed by atoms with E-state index in [0.717, 1.165) is 0 Å². The van der Waals surface area contributed by atoms with Crippen LogP contribution in [0.5, 0.6) is 0 Å². The van der Waals surface area contributed by atoms with Gasteiger partial charge in [-0.25, -0.2) is 19.6 Å². The quantitative estimate of drug-likeness (QED) is 0.140. The van der Waals surface area contributed by atoms with E-state index in [1.165, 1.54) is 24.3 Å². The first-order valence-corrected chi connectivity index (χ1v) is 7.54. The minimum atomic E-state index is -4.02. The summed E-state index contributed by atoms with van der Waals surface area (Å²) < 4.78 is 19.7. The Labute approximate surface area is 124 Å². The van der Waals surface area contributed by atoms with E-state index in [2.05, 4.69) is 26.3 Å². The highest BCUT2D eigenvalue weighted by molar-refractivity contribution is 6.52. The maximum atomic E-state index is 4.93. The van der Waals surface area contributed by atoms with Crippen LogP contribution in [0.15, 0.2) is 50.6 Å². The van der Waals surface area contributed by atoms with Gasteiger partial charge < -0.3 is 0 Å². The molecular weight excluding hydrogens is 300 g/mol. The molecule has 120 valence electrons. The number of rotatable bonds is 16. The van der Waals surface area contributed by atoms with E-state index in [1.807, 2.05) is 0 Å². The molecule has 8 nitrogen and oxygen atoms in total. The molecule has 0 aromatic carbocycles. The summed E-state index contributed by atoms with van der Waals surface area (Å²) >= 11 is 0. The van der Waals surface area contributed by atoms with Crippen molar-refractivity contribution in [1.82, 2.24) is 0 Å². The van der Waals surface area contributed by atoms with Crippen LogP contribution in [0.4, 0.5) is 0 Å². The van der Waals surface area contributed by atoms with E-state index in [4.69, 9.17) is 37.9 Å². The zero-order chi connectivity index (χ0) is 15.8. The third kappa shape index (κ3) is 10.3. The van der Waals surface area contributed by atoms with Gasteiger partial charge in [-0.15, -0.1) is 26.3 Å². The molecule has 0 heterocycles. The van der Waals surface area contributed by atoms with Crippen LogP contribution >= 0.6 is 0 Å². The third-order valence-electron chi connectivity index (χ3n) is 1.39. The number of hydrogen-bond donors (Lipinski definition) is 0. The predicted molar refractivity (Wildman–Crippen MR) is 74.7 cm³/mol. The lowest BCUT2D eigenvalue weighted by molar-refractivity contribution is -0.421. The highest BCUT2D eigenvalue weighted by atomic mass is 28.4. The largest absolute Gasteiger partial charge is 0.792 e. The van der Waals surface area contributed by atoms with Gasteiger partial charge in [-0.05, 0) is 0 Å². The molecule has 0 atom stereocenters. The average Bonchev–Trinajstić information content (AvgIpc) is 2.48. The fourth-order valence-electron chi connectivity index (χ4n) is 0.701. The van der Waals surface area contributed by atoms with E-state index in [9.17, 15) is 0 Å². The standard InChI is InChI=1S/C12H20O8Si/c1-5-9-13-17-21(18-14-10-6-2,19-15-11-7-3)20-16-12-8-4/h5-8H,1-4,9-12H2. The lowest BCUT2D eigenvalue weighted by Crippen LogP contribution is -2.49. The van der Waals surface area contributed by atoms with Crippen LogP contribution in [0.2, 0.25) is 0 Å². The van der Waals surface area contributed by atoms with Crippen LogP contribution in [0, 0.1) is 0 Å². The molecule has 0 aromatic rings. The van der Waals surface area contributed by atoms with Crippen molar-refractivity contribution in [2.24, 2.45) is 0 Å². The summed E-state index contributed by atoms with van der Waals surface area (Å²) in [6.07, 6.45) is 5.77. The Morgan fingerprint density at radius 3 is 0.952 bits per heavy atom. The SMILES string of the molecule is C=CCOO[Si](OOCC=C)(OOCC=C)OOCC=C. The van der Waals surface area contributed by atoms with E-state index in [1.54, 1.807) is 0 Å². The van der Waals surface area contributed by atoms with Gasteiger partial charge in [-0.2, -0.15) is 18.3 Å². The summed E-state index contributed by atoms with van der Waals surface area (Å²) in [7, 11) is -4.02. The molecule has 0 rings (SSSR count). The van der Waals surface area contributed by atoms with Crippen molar-refractivity contribution >= 4 is 9.05 Å². The Hall–Kier alpha value is -1.14. The fraction of sp³-hybridized carbons (Fsp3) is 0.333. The summed E-state index contributed by atoms with van der Waals surface area (Å²) in [6.45, 7) is 14.0. The van der Waals surface area contributed by atoms with Crippen LogP contribution in [0.1, 0.15) is 0 Å². The molecule has 0 radical (unpaired) electrons. The van der Waals surface area contributed by atoms with Crippen molar-refractivity contribution in [3.05, 3.63) is 50.6 Å². The van der Waals surface area contributed by atoms with Gasteiger partial charge in [0, 0.05) is 0 Å². The first-order chi connectivity index (χ1) is 10.2. The first kappa shape index (κ1) is 19.9. The van der Waals surface area contributed by atoms with E-state index < -0.39 is 9.05 Å². The highest BCUT2D eigenvalue weighted by Gasteiger charge is 2.54. The highest BCUT2D eigenvalue weighted by Crippen LogP contribution is 2.14. The molecule has 0 unspecified atom stereocenters. The zero-order valence-corrected chi connectivity index (χ0v) is 12.7. The Morgan fingerprint density at radius 2 is 0.762 bits per heavy atom. The summed E-state index contributed by atoms with van der Waals surface area (Å²) in [5, 5.41) is 0. The molecule has 21 heavy (non-hydrogen) atoms.